The maximum Gasteiger partial charge on any atom is 0.0897 e. The zero-order valence-electron chi connectivity index (χ0n) is 12.9. The molecule has 0 spiro atoms. The number of nitrogens with one attached hydrogen (secondary N) is 1. The van der Waals surface area contributed by atoms with Crippen LogP contribution in [0, 0.1) is 17.3 Å². The van der Waals surface area contributed by atoms with Crippen LogP contribution in [0.4, 0.5) is 0 Å². The summed E-state index contributed by atoms with van der Waals surface area (Å²) in [5.41, 5.74) is 0.625. The largest absolute Gasteiger partial charge is 0.389 e. The van der Waals surface area contributed by atoms with E-state index in [0.717, 1.165) is 18.4 Å². The number of aliphatic hydroxyl groups excluding tert-OH is 1. The van der Waals surface area contributed by atoms with Gasteiger partial charge in [0, 0.05) is 13.1 Å². The van der Waals surface area contributed by atoms with Crippen molar-refractivity contribution in [3.8, 4) is 0 Å². The van der Waals surface area contributed by atoms with Crippen LogP contribution in [-0.2, 0) is 4.74 Å². The molecule has 0 amide bonds. The molecule has 3 fully saturated rings. The number of ether oxygens (including phenoxy) is 1. The van der Waals surface area contributed by atoms with Gasteiger partial charge >= 0.3 is 0 Å². The summed E-state index contributed by atoms with van der Waals surface area (Å²) < 4.78 is 5.86. The standard InChI is InChI=1S/C17H31NO2/c1-13-2-6-16(7-3-13)20-11-15(19)10-18-12-17(8-9-17)14-4-5-14/h13-16,18-19H,2-12H2,1H3. The van der Waals surface area contributed by atoms with Crippen molar-refractivity contribution in [2.24, 2.45) is 17.3 Å². The van der Waals surface area contributed by atoms with Crippen LogP contribution in [0.1, 0.15) is 58.3 Å². The molecule has 0 heterocycles. The Bertz CT molecular complexity index is 304. The maximum atomic E-state index is 10.0. The van der Waals surface area contributed by atoms with Crippen LogP contribution in [-0.4, -0.2) is 37.0 Å². The van der Waals surface area contributed by atoms with Gasteiger partial charge < -0.3 is 15.2 Å². The lowest BCUT2D eigenvalue weighted by Crippen LogP contribution is -2.36. The van der Waals surface area contributed by atoms with Crippen LogP contribution in [0.25, 0.3) is 0 Å². The molecule has 3 aliphatic rings. The Morgan fingerprint density at radius 2 is 1.85 bits per heavy atom. The van der Waals surface area contributed by atoms with Crippen molar-refractivity contribution >= 4 is 0 Å². The quantitative estimate of drug-likeness (QED) is 0.719. The summed E-state index contributed by atoms with van der Waals surface area (Å²) in [6, 6.07) is 0. The van der Waals surface area contributed by atoms with Gasteiger partial charge in [0.1, 0.15) is 0 Å². The fourth-order valence-corrected chi connectivity index (χ4v) is 3.78. The van der Waals surface area contributed by atoms with Crippen molar-refractivity contribution < 1.29 is 9.84 Å². The minimum absolute atomic E-state index is 0.343. The molecule has 3 heteroatoms. The Morgan fingerprint density at radius 3 is 2.45 bits per heavy atom. The third-order valence-corrected chi connectivity index (χ3v) is 5.68. The van der Waals surface area contributed by atoms with Gasteiger partial charge in [-0.3, -0.25) is 0 Å². The first kappa shape index (κ1) is 14.8. The highest BCUT2D eigenvalue weighted by molar-refractivity contribution is 5.05. The molecule has 0 aromatic rings. The lowest BCUT2D eigenvalue weighted by Gasteiger charge is -2.27. The van der Waals surface area contributed by atoms with Crippen molar-refractivity contribution in [1.82, 2.24) is 5.32 Å². The van der Waals surface area contributed by atoms with E-state index in [1.165, 1.54) is 51.4 Å². The molecule has 1 unspecified atom stereocenters. The second kappa shape index (κ2) is 6.33. The third-order valence-electron chi connectivity index (χ3n) is 5.68. The topological polar surface area (TPSA) is 41.5 Å². The molecule has 0 radical (unpaired) electrons. The number of hydrogen-bond donors (Lipinski definition) is 2. The monoisotopic (exact) mass is 281 g/mol. The average Bonchev–Trinajstić information content (AvgIpc) is 3.30. The lowest BCUT2D eigenvalue weighted by molar-refractivity contribution is -0.0280. The summed E-state index contributed by atoms with van der Waals surface area (Å²) in [7, 11) is 0. The number of aliphatic hydroxyl groups is 1. The molecule has 3 saturated carbocycles. The van der Waals surface area contributed by atoms with Gasteiger partial charge in [0.25, 0.3) is 0 Å². The zero-order valence-corrected chi connectivity index (χ0v) is 12.9. The van der Waals surface area contributed by atoms with Gasteiger partial charge in [0.2, 0.25) is 0 Å². The number of rotatable bonds is 8. The SMILES string of the molecule is CC1CCC(OCC(O)CNCC2(C3CC3)CC2)CC1. The van der Waals surface area contributed by atoms with Crippen molar-refractivity contribution in [3.05, 3.63) is 0 Å². The summed E-state index contributed by atoms with van der Waals surface area (Å²) in [5.74, 6) is 1.85. The highest BCUT2D eigenvalue weighted by Gasteiger charge is 2.53. The summed E-state index contributed by atoms with van der Waals surface area (Å²) >= 11 is 0. The highest BCUT2D eigenvalue weighted by atomic mass is 16.5. The molecule has 0 aliphatic heterocycles. The molecule has 3 rings (SSSR count). The van der Waals surface area contributed by atoms with Crippen molar-refractivity contribution in [1.29, 1.82) is 0 Å². The lowest BCUT2D eigenvalue weighted by atomic mass is 9.89. The first-order valence-corrected chi connectivity index (χ1v) is 8.68. The number of hydrogen-bond acceptors (Lipinski definition) is 3. The van der Waals surface area contributed by atoms with E-state index < -0.39 is 0 Å². The van der Waals surface area contributed by atoms with E-state index in [4.69, 9.17) is 4.74 Å². The Labute approximate surface area is 123 Å². The molecule has 1 atom stereocenters. The van der Waals surface area contributed by atoms with E-state index in [0.29, 0.717) is 24.7 Å². The van der Waals surface area contributed by atoms with E-state index in [9.17, 15) is 5.11 Å². The van der Waals surface area contributed by atoms with Crippen LogP contribution in [0.2, 0.25) is 0 Å². The maximum absolute atomic E-state index is 10.0. The van der Waals surface area contributed by atoms with Gasteiger partial charge in [0.05, 0.1) is 18.8 Å². The first-order valence-electron chi connectivity index (χ1n) is 8.68. The van der Waals surface area contributed by atoms with E-state index in [2.05, 4.69) is 12.2 Å². The molecule has 0 aromatic heterocycles. The molecular formula is C17H31NO2. The molecule has 0 bridgehead atoms. The van der Waals surface area contributed by atoms with Gasteiger partial charge in [-0.15, -0.1) is 0 Å². The molecular weight excluding hydrogens is 250 g/mol. The van der Waals surface area contributed by atoms with Crippen molar-refractivity contribution in [2.75, 3.05) is 19.7 Å². The zero-order chi connectivity index (χ0) is 14.0. The Kier molecular flexibility index (Phi) is 4.68. The first-order chi connectivity index (χ1) is 9.68. The summed E-state index contributed by atoms with van der Waals surface area (Å²) in [5, 5.41) is 13.5. The van der Waals surface area contributed by atoms with E-state index in [-0.39, 0.29) is 6.10 Å². The van der Waals surface area contributed by atoms with Crippen molar-refractivity contribution in [3.63, 3.8) is 0 Å². The molecule has 3 aliphatic carbocycles. The second-order valence-corrected chi connectivity index (χ2v) is 7.64. The third kappa shape index (κ3) is 3.96. The van der Waals surface area contributed by atoms with Crippen LogP contribution < -0.4 is 5.32 Å². The minimum atomic E-state index is -0.343. The Hall–Kier alpha value is -0.120. The van der Waals surface area contributed by atoms with Gasteiger partial charge in [-0.1, -0.05) is 6.92 Å². The summed E-state index contributed by atoms with van der Waals surface area (Å²) in [6.07, 6.45) is 10.6. The Balaban J connectivity index is 1.25. The minimum Gasteiger partial charge on any atom is -0.389 e. The predicted molar refractivity (Wildman–Crippen MR) is 80.6 cm³/mol. The van der Waals surface area contributed by atoms with Crippen LogP contribution in [0.15, 0.2) is 0 Å². The second-order valence-electron chi connectivity index (χ2n) is 7.64. The smallest absolute Gasteiger partial charge is 0.0897 e. The van der Waals surface area contributed by atoms with Gasteiger partial charge in [-0.2, -0.15) is 0 Å². The van der Waals surface area contributed by atoms with E-state index in [1.807, 2.05) is 0 Å². The molecule has 3 nitrogen and oxygen atoms in total. The summed E-state index contributed by atoms with van der Waals surface area (Å²) in [6.45, 7) is 4.62. The van der Waals surface area contributed by atoms with E-state index in [1.54, 1.807) is 0 Å². The fourth-order valence-electron chi connectivity index (χ4n) is 3.78. The van der Waals surface area contributed by atoms with Crippen LogP contribution in [0.5, 0.6) is 0 Å². The normalized spacial score (nSPS) is 33.9. The molecule has 0 aromatic carbocycles. The van der Waals surface area contributed by atoms with Crippen molar-refractivity contribution in [2.45, 2.75) is 70.5 Å². The van der Waals surface area contributed by atoms with Gasteiger partial charge in [0.15, 0.2) is 0 Å². The summed E-state index contributed by atoms with van der Waals surface area (Å²) in [4.78, 5) is 0. The fraction of sp³-hybridized carbons (Fsp3) is 1.00. The molecule has 116 valence electrons. The van der Waals surface area contributed by atoms with Gasteiger partial charge in [-0.25, -0.2) is 0 Å². The average molecular weight is 281 g/mol. The predicted octanol–water partition coefficient (Wildman–Crippen LogP) is 2.72. The molecule has 20 heavy (non-hydrogen) atoms. The van der Waals surface area contributed by atoms with Crippen LogP contribution >= 0.6 is 0 Å². The molecule has 0 saturated heterocycles. The van der Waals surface area contributed by atoms with E-state index >= 15 is 0 Å². The Morgan fingerprint density at radius 1 is 1.15 bits per heavy atom. The molecule has 2 N–H and O–H groups in total. The highest BCUT2D eigenvalue weighted by Crippen LogP contribution is 2.60. The van der Waals surface area contributed by atoms with Gasteiger partial charge in [-0.05, 0) is 68.6 Å². The van der Waals surface area contributed by atoms with Crippen LogP contribution in [0.3, 0.4) is 0 Å².